The summed E-state index contributed by atoms with van der Waals surface area (Å²) in [7, 11) is 0. The average molecular weight is 317 g/mol. The lowest BCUT2D eigenvalue weighted by Gasteiger charge is -2.08. The second kappa shape index (κ2) is 12.4. The van der Waals surface area contributed by atoms with Crippen molar-refractivity contribution in [3.05, 3.63) is 24.3 Å². The number of hydrogen-bond acceptors (Lipinski definition) is 4. The van der Waals surface area contributed by atoms with E-state index < -0.39 is 0 Å². The molecule has 1 amide bonds. The minimum Gasteiger partial charge on any atom is -0.492 e. The smallest absolute Gasteiger partial charge is 0.250 e. The number of ether oxygens (including phenoxy) is 2. The molecule has 5 nitrogen and oxygen atoms in total. The highest BCUT2D eigenvalue weighted by atomic mass is 35.5. The molecule has 0 unspecified atom stereocenters. The summed E-state index contributed by atoms with van der Waals surface area (Å²) in [6, 6.07) is 7.18. The van der Waals surface area contributed by atoms with Gasteiger partial charge in [-0.25, -0.2) is 0 Å². The lowest BCUT2D eigenvalue weighted by atomic mass is 10.3. The Bertz CT molecular complexity index is 385. The molecular weight excluding hydrogens is 292 g/mol. The van der Waals surface area contributed by atoms with Crippen LogP contribution in [-0.2, 0) is 9.53 Å². The first-order valence-corrected chi connectivity index (χ1v) is 7.06. The number of benzene rings is 1. The van der Waals surface area contributed by atoms with Crippen molar-refractivity contribution in [2.24, 2.45) is 5.73 Å². The van der Waals surface area contributed by atoms with Gasteiger partial charge in [0, 0.05) is 18.8 Å². The zero-order chi connectivity index (χ0) is 14.6. The van der Waals surface area contributed by atoms with Gasteiger partial charge in [-0.2, -0.15) is 0 Å². The van der Waals surface area contributed by atoms with Crippen LogP contribution in [0.2, 0.25) is 0 Å². The Morgan fingerprint density at radius 1 is 1.19 bits per heavy atom. The third-order valence-electron chi connectivity index (χ3n) is 2.65. The largest absolute Gasteiger partial charge is 0.492 e. The van der Waals surface area contributed by atoms with Crippen molar-refractivity contribution in [1.29, 1.82) is 0 Å². The molecule has 0 bridgehead atoms. The van der Waals surface area contributed by atoms with Crippen LogP contribution in [0, 0.1) is 0 Å². The lowest BCUT2D eigenvalue weighted by Crippen LogP contribution is -2.18. The van der Waals surface area contributed by atoms with Crippen LogP contribution in [0.5, 0.6) is 5.75 Å². The van der Waals surface area contributed by atoms with Gasteiger partial charge >= 0.3 is 0 Å². The highest BCUT2D eigenvalue weighted by Gasteiger charge is 2.02. The third kappa shape index (κ3) is 9.28. The number of carbonyl (C=O) groups is 1. The zero-order valence-corrected chi connectivity index (χ0v) is 13.3. The van der Waals surface area contributed by atoms with Gasteiger partial charge in [-0.3, -0.25) is 4.79 Å². The number of unbranched alkanes of at least 4 members (excludes halogenated alkanes) is 2. The Balaban J connectivity index is 0.00000400. The number of rotatable bonds is 10. The van der Waals surface area contributed by atoms with Gasteiger partial charge in [0.15, 0.2) is 0 Å². The predicted molar refractivity (Wildman–Crippen MR) is 87.2 cm³/mol. The Morgan fingerprint density at radius 3 is 2.52 bits per heavy atom. The van der Waals surface area contributed by atoms with E-state index in [4.69, 9.17) is 15.2 Å². The molecule has 1 aromatic rings. The van der Waals surface area contributed by atoms with E-state index in [1.54, 1.807) is 24.3 Å². The molecule has 0 saturated heterocycles. The van der Waals surface area contributed by atoms with Gasteiger partial charge in [0.2, 0.25) is 5.91 Å². The maximum Gasteiger partial charge on any atom is 0.250 e. The molecule has 0 fully saturated rings. The molecule has 120 valence electrons. The quantitative estimate of drug-likeness (QED) is 0.651. The summed E-state index contributed by atoms with van der Waals surface area (Å²) in [6.07, 6.45) is 3.27. The summed E-state index contributed by atoms with van der Waals surface area (Å²) in [6.45, 7) is 3.82. The summed E-state index contributed by atoms with van der Waals surface area (Å²) in [5.41, 5.74) is 6.08. The molecule has 0 aliphatic rings. The first kappa shape index (κ1) is 19.7. The SMILES string of the molecule is CCCCCOCC(=O)Nc1ccc(OCCN)cc1.Cl. The number of anilines is 1. The first-order valence-electron chi connectivity index (χ1n) is 7.06. The molecule has 0 saturated carbocycles. The monoisotopic (exact) mass is 316 g/mol. The van der Waals surface area contributed by atoms with Gasteiger partial charge in [0.05, 0.1) is 0 Å². The molecule has 21 heavy (non-hydrogen) atoms. The molecule has 0 heterocycles. The average Bonchev–Trinajstić information content (AvgIpc) is 2.46. The van der Waals surface area contributed by atoms with Crippen LogP contribution >= 0.6 is 12.4 Å². The Labute approximate surface area is 132 Å². The molecule has 0 aromatic heterocycles. The fourth-order valence-corrected chi connectivity index (χ4v) is 1.63. The summed E-state index contributed by atoms with van der Waals surface area (Å²) in [4.78, 5) is 11.6. The molecule has 0 atom stereocenters. The van der Waals surface area contributed by atoms with Gasteiger partial charge in [0.1, 0.15) is 19.0 Å². The van der Waals surface area contributed by atoms with Crippen molar-refractivity contribution < 1.29 is 14.3 Å². The highest BCUT2D eigenvalue weighted by molar-refractivity contribution is 5.91. The van der Waals surface area contributed by atoms with Crippen molar-refractivity contribution in [3.8, 4) is 5.75 Å². The van der Waals surface area contributed by atoms with Gasteiger partial charge in [-0.15, -0.1) is 12.4 Å². The summed E-state index contributed by atoms with van der Waals surface area (Å²) < 4.78 is 10.7. The Kier molecular flexibility index (Phi) is 11.7. The van der Waals surface area contributed by atoms with Gasteiger partial charge in [-0.05, 0) is 30.7 Å². The maximum absolute atomic E-state index is 11.6. The summed E-state index contributed by atoms with van der Waals surface area (Å²) >= 11 is 0. The fourth-order valence-electron chi connectivity index (χ4n) is 1.63. The van der Waals surface area contributed by atoms with Crippen LogP contribution in [0.3, 0.4) is 0 Å². The van der Waals surface area contributed by atoms with Crippen LogP contribution in [-0.4, -0.2) is 32.3 Å². The second-order valence-corrected chi connectivity index (χ2v) is 4.47. The number of halogens is 1. The number of nitrogens with one attached hydrogen (secondary N) is 1. The molecule has 1 rings (SSSR count). The Hall–Kier alpha value is -1.30. The van der Waals surface area contributed by atoms with E-state index in [1.165, 1.54) is 0 Å². The van der Waals surface area contributed by atoms with E-state index in [0.29, 0.717) is 19.8 Å². The topological polar surface area (TPSA) is 73.6 Å². The van der Waals surface area contributed by atoms with Crippen LogP contribution < -0.4 is 15.8 Å². The number of hydrogen-bond donors (Lipinski definition) is 2. The normalized spacial score (nSPS) is 9.81. The van der Waals surface area contributed by atoms with Crippen molar-refractivity contribution in [1.82, 2.24) is 0 Å². The van der Waals surface area contributed by atoms with E-state index in [1.807, 2.05) is 0 Å². The minimum atomic E-state index is -0.142. The Morgan fingerprint density at radius 2 is 1.90 bits per heavy atom. The van der Waals surface area contributed by atoms with Crippen molar-refractivity contribution in [2.75, 3.05) is 31.7 Å². The molecular formula is C15H25ClN2O3. The molecule has 0 radical (unpaired) electrons. The van der Waals surface area contributed by atoms with Crippen LogP contribution in [0.1, 0.15) is 26.2 Å². The lowest BCUT2D eigenvalue weighted by molar-refractivity contribution is -0.120. The second-order valence-electron chi connectivity index (χ2n) is 4.47. The molecule has 0 aliphatic heterocycles. The standard InChI is InChI=1S/C15H24N2O3.ClH/c1-2-3-4-10-19-12-15(18)17-13-5-7-14(8-6-13)20-11-9-16;/h5-8H,2-4,9-12,16H2,1H3,(H,17,18);1H. The molecule has 6 heteroatoms. The summed E-state index contributed by atoms with van der Waals surface area (Å²) in [5, 5.41) is 2.77. The molecule has 0 spiro atoms. The highest BCUT2D eigenvalue weighted by Crippen LogP contribution is 2.15. The van der Waals surface area contributed by atoms with Crippen LogP contribution in [0.25, 0.3) is 0 Å². The van der Waals surface area contributed by atoms with Gasteiger partial charge in [-0.1, -0.05) is 19.8 Å². The molecule has 0 aliphatic carbocycles. The fraction of sp³-hybridized carbons (Fsp3) is 0.533. The predicted octanol–water partition coefficient (Wildman–Crippen LogP) is 2.59. The van der Waals surface area contributed by atoms with E-state index >= 15 is 0 Å². The number of nitrogens with two attached hydrogens (primary N) is 1. The van der Waals surface area contributed by atoms with Crippen molar-refractivity contribution in [2.45, 2.75) is 26.2 Å². The zero-order valence-electron chi connectivity index (χ0n) is 12.5. The molecule has 3 N–H and O–H groups in total. The minimum absolute atomic E-state index is 0. The van der Waals surface area contributed by atoms with Crippen LogP contribution in [0.4, 0.5) is 5.69 Å². The van der Waals surface area contributed by atoms with Crippen LogP contribution in [0.15, 0.2) is 24.3 Å². The van der Waals surface area contributed by atoms with E-state index in [0.717, 1.165) is 30.7 Å². The van der Waals surface area contributed by atoms with Crippen molar-refractivity contribution in [3.63, 3.8) is 0 Å². The third-order valence-corrected chi connectivity index (χ3v) is 2.65. The first-order chi connectivity index (χ1) is 9.76. The van der Waals surface area contributed by atoms with Gasteiger partial charge in [0.25, 0.3) is 0 Å². The van der Waals surface area contributed by atoms with E-state index in [2.05, 4.69) is 12.2 Å². The van der Waals surface area contributed by atoms with Gasteiger partial charge < -0.3 is 20.5 Å². The number of amides is 1. The molecule has 1 aromatic carbocycles. The van der Waals surface area contributed by atoms with Crippen molar-refractivity contribution >= 4 is 24.0 Å². The van der Waals surface area contributed by atoms with E-state index in [9.17, 15) is 4.79 Å². The number of carbonyl (C=O) groups excluding carboxylic acids is 1. The van der Waals surface area contributed by atoms with E-state index in [-0.39, 0.29) is 24.9 Å². The maximum atomic E-state index is 11.6. The summed E-state index contributed by atoms with van der Waals surface area (Å²) in [5.74, 6) is 0.599.